The summed E-state index contributed by atoms with van der Waals surface area (Å²) in [6.07, 6.45) is -4.41. The Morgan fingerprint density at radius 2 is 1.81 bits per heavy atom. The number of thiophene rings is 1. The molecule has 0 radical (unpaired) electrons. The van der Waals surface area contributed by atoms with Crippen LogP contribution in [0.4, 0.5) is 13.2 Å². The zero-order valence-electron chi connectivity index (χ0n) is 16.4. The maximum absolute atomic E-state index is 12.9. The molecular weight excluding hydrogens is 453 g/mol. The van der Waals surface area contributed by atoms with Crippen LogP contribution in [0.3, 0.4) is 0 Å². The van der Waals surface area contributed by atoms with E-state index in [-0.39, 0.29) is 12.5 Å². The number of hydrogen-bond acceptors (Lipinski definition) is 4. The minimum absolute atomic E-state index is 0.00955. The van der Waals surface area contributed by atoms with Crippen molar-refractivity contribution in [3.63, 3.8) is 0 Å². The number of alkyl halides is 3. The van der Waals surface area contributed by atoms with E-state index in [0.29, 0.717) is 11.1 Å². The van der Waals surface area contributed by atoms with Gasteiger partial charge >= 0.3 is 6.18 Å². The molecule has 0 saturated carbocycles. The molecule has 8 heteroatoms. The summed E-state index contributed by atoms with van der Waals surface area (Å²) >= 11 is 3.18. The highest BCUT2D eigenvalue weighted by molar-refractivity contribution is 7.22. The Bertz CT molecular complexity index is 1450. The summed E-state index contributed by atoms with van der Waals surface area (Å²) in [6.45, 7) is 0.00955. The summed E-state index contributed by atoms with van der Waals surface area (Å²) in [5.41, 5.74) is 1.97. The van der Waals surface area contributed by atoms with Crippen molar-refractivity contribution in [3.8, 4) is 10.6 Å². The van der Waals surface area contributed by atoms with Crippen LogP contribution in [-0.4, -0.2) is 10.9 Å². The van der Waals surface area contributed by atoms with Gasteiger partial charge in [-0.15, -0.1) is 22.7 Å². The Morgan fingerprint density at radius 3 is 2.66 bits per heavy atom. The second-order valence-corrected chi connectivity index (χ2v) is 9.17. The largest absolute Gasteiger partial charge is 0.416 e. The van der Waals surface area contributed by atoms with Crippen LogP contribution < -0.4 is 5.32 Å². The van der Waals surface area contributed by atoms with Gasteiger partial charge in [0.2, 0.25) is 0 Å². The highest BCUT2D eigenvalue weighted by atomic mass is 32.1. The van der Waals surface area contributed by atoms with Crippen molar-refractivity contribution in [1.82, 2.24) is 10.3 Å². The number of amides is 1. The average Bonchev–Trinajstić information content (AvgIpc) is 3.40. The summed E-state index contributed by atoms with van der Waals surface area (Å²) in [5, 5.41) is 6.82. The predicted octanol–water partition coefficient (Wildman–Crippen LogP) is 7.13. The Balaban J connectivity index is 1.36. The molecule has 0 atom stereocenters. The maximum atomic E-state index is 12.9. The van der Waals surface area contributed by atoms with Crippen molar-refractivity contribution in [3.05, 3.63) is 88.8 Å². The summed E-state index contributed by atoms with van der Waals surface area (Å²) in [4.78, 5) is 17.3. The molecule has 32 heavy (non-hydrogen) atoms. The summed E-state index contributed by atoms with van der Waals surface area (Å²) in [6, 6.07) is 18.3. The number of nitrogens with zero attached hydrogens (tertiary/aromatic N) is 1. The van der Waals surface area contributed by atoms with Crippen molar-refractivity contribution in [2.75, 3.05) is 0 Å². The van der Waals surface area contributed by atoms with Crippen LogP contribution in [-0.2, 0) is 12.7 Å². The van der Waals surface area contributed by atoms with Gasteiger partial charge in [-0.1, -0.05) is 30.3 Å². The van der Waals surface area contributed by atoms with E-state index in [9.17, 15) is 18.0 Å². The molecule has 3 aromatic carbocycles. The van der Waals surface area contributed by atoms with Gasteiger partial charge in [0.05, 0.1) is 15.8 Å². The molecule has 0 unspecified atom stereocenters. The minimum atomic E-state index is -4.41. The standard InChI is InChI=1S/C24H15F3N2OS2/c25-24(26,27)16-5-3-4-14(10-16)12-28-22(30)15-8-9-19-21(11-15)32-23(29-19)18-13-31-20-7-2-1-6-17(18)20/h1-11,13H,12H2,(H,28,30). The van der Waals surface area contributed by atoms with E-state index < -0.39 is 11.7 Å². The average molecular weight is 469 g/mol. The van der Waals surface area contributed by atoms with Gasteiger partial charge in [-0.3, -0.25) is 4.79 Å². The summed E-state index contributed by atoms with van der Waals surface area (Å²) in [7, 11) is 0. The quantitative estimate of drug-likeness (QED) is 0.305. The van der Waals surface area contributed by atoms with Gasteiger partial charge in [0.15, 0.2) is 0 Å². The molecule has 1 amide bonds. The number of carbonyl (C=O) groups excluding carboxylic acids is 1. The van der Waals surface area contributed by atoms with Gasteiger partial charge in [0.1, 0.15) is 5.01 Å². The van der Waals surface area contributed by atoms with Crippen molar-refractivity contribution < 1.29 is 18.0 Å². The van der Waals surface area contributed by atoms with Crippen LogP contribution in [0, 0.1) is 0 Å². The Morgan fingerprint density at radius 1 is 0.969 bits per heavy atom. The van der Waals surface area contributed by atoms with Gasteiger partial charge in [-0.2, -0.15) is 13.2 Å². The number of nitrogens with one attached hydrogen (secondary N) is 1. The fourth-order valence-corrected chi connectivity index (χ4v) is 5.52. The third-order valence-electron chi connectivity index (χ3n) is 5.07. The SMILES string of the molecule is O=C(NCc1cccc(C(F)(F)F)c1)c1ccc2nc(-c3csc4ccccc34)sc2c1. The monoisotopic (exact) mass is 468 g/mol. The van der Waals surface area contributed by atoms with Crippen LogP contribution in [0.1, 0.15) is 21.5 Å². The molecule has 0 aliphatic rings. The van der Waals surface area contributed by atoms with Crippen LogP contribution in [0.2, 0.25) is 0 Å². The Kier molecular flexibility index (Phi) is 5.19. The molecule has 160 valence electrons. The lowest BCUT2D eigenvalue weighted by molar-refractivity contribution is -0.137. The van der Waals surface area contributed by atoms with Crippen molar-refractivity contribution in [2.45, 2.75) is 12.7 Å². The fraction of sp³-hybridized carbons (Fsp3) is 0.0833. The van der Waals surface area contributed by atoms with Crippen LogP contribution in [0.5, 0.6) is 0 Å². The van der Waals surface area contributed by atoms with Crippen LogP contribution >= 0.6 is 22.7 Å². The van der Waals surface area contributed by atoms with E-state index in [1.807, 2.05) is 12.1 Å². The van der Waals surface area contributed by atoms with Gasteiger partial charge in [0, 0.05) is 33.1 Å². The predicted molar refractivity (Wildman–Crippen MR) is 123 cm³/mol. The minimum Gasteiger partial charge on any atom is -0.348 e. The van der Waals surface area contributed by atoms with Crippen molar-refractivity contribution in [1.29, 1.82) is 0 Å². The number of thiazole rings is 1. The van der Waals surface area contributed by atoms with Crippen molar-refractivity contribution in [2.24, 2.45) is 0 Å². The first-order valence-electron chi connectivity index (χ1n) is 9.70. The number of rotatable bonds is 4. The molecule has 5 aromatic rings. The van der Waals surface area contributed by atoms with E-state index in [4.69, 9.17) is 4.98 Å². The Hall–Kier alpha value is -3.23. The molecule has 0 bridgehead atoms. The summed E-state index contributed by atoms with van der Waals surface area (Å²) < 4.78 is 40.7. The highest BCUT2D eigenvalue weighted by Gasteiger charge is 2.30. The molecule has 2 aromatic heterocycles. The summed E-state index contributed by atoms with van der Waals surface area (Å²) in [5.74, 6) is -0.347. The number of benzene rings is 3. The van der Waals surface area contributed by atoms with E-state index in [1.165, 1.54) is 22.1 Å². The number of aromatic nitrogens is 1. The smallest absolute Gasteiger partial charge is 0.348 e. The van der Waals surface area contributed by atoms with Gasteiger partial charge in [-0.25, -0.2) is 4.98 Å². The normalized spacial score (nSPS) is 11.8. The molecule has 0 fully saturated rings. The van der Waals surface area contributed by atoms with Gasteiger partial charge in [-0.05, 0) is 42.0 Å². The molecule has 0 aliphatic carbocycles. The number of carbonyl (C=O) groups is 1. The van der Waals surface area contributed by atoms with Crippen molar-refractivity contribution >= 4 is 48.9 Å². The fourth-order valence-electron chi connectivity index (χ4n) is 3.47. The number of halogens is 3. The number of hydrogen-bond donors (Lipinski definition) is 1. The lowest BCUT2D eigenvalue weighted by Gasteiger charge is -2.09. The van der Waals surface area contributed by atoms with Gasteiger partial charge in [0.25, 0.3) is 5.91 Å². The van der Waals surface area contributed by atoms with Gasteiger partial charge < -0.3 is 5.32 Å². The van der Waals surface area contributed by atoms with E-state index in [1.54, 1.807) is 35.6 Å². The molecule has 5 rings (SSSR count). The first-order chi connectivity index (χ1) is 15.4. The molecule has 0 aliphatic heterocycles. The Labute approximate surface area is 189 Å². The third kappa shape index (κ3) is 3.99. The third-order valence-corrected chi connectivity index (χ3v) is 7.08. The second kappa shape index (κ2) is 8.03. The van der Waals surface area contributed by atoms with E-state index in [0.717, 1.165) is 38.3 Å². The molecule has 0 saturated heterocycles. The topological polar surface area (TPSA) is 42.0 Å². The molecule has 0 spiro atoms. The zero-order chi connectivity index (χ0) is 22.3. The second-order valence-electron chi connectivity index (χ2n) is 7.23. The first-order valence-corrected chi connectivity index (χ1v) is 11.4. The molecular formula is C24H15F3N2OS2. The highest BCUT2D eigenvalue weighted by Crippen LogP contribution is 2.38. The molecule has 2 heterocycles. The molecule has 1 N–H and O–H groups in total. The molecule has 3 nitrogen and oxygen atoms in total. The van der Waals surface area contributed by atoms with Crippen LogP contribution in [0.25, 0.3) is 30.9 Å². The number of fused-ring (bicyclic) bond motifs is 2. The first kappa shape index (κ1) is 20.7. The maximum Gasteiger partial charge on any atom is 0.416 e. The van der Waals surface area contributed by atoms with E-state index >= 15 is 0 Å². The zero-order valence-corrected chi connectivity index (χ0v) is 18.1. The lowest BCUT2D eigenvalue weighted by Crippen LogP contribution is -2.22. The lowest BCUT2D eigenvalue weighted by atomic mass is 10.1. The van der Waals surface area contributed by atoms with Crippen LogP contribution in [0.15, 0.2) is 72.1 Å². The van der Waals surface area contributed by atoms with E-state index in [2.05, 4.69) is 22.8 Å².